The first-order valence-corrected chi connectivity index (χ1v) is 20.4. The average molecular weight is 805 g/mol. The van der Waals surface area contributed by atoms with Crippen molar-refractivity contribution in [2.24, 2.45) is 35.5 Å². The summed E-state index contributed by atoms with van der Waals surface area (Å²) >= 11 is 0. The second-order valence-corrected chi connectivity index (χ2v) is 17.5. The Labute approximate surface area is 335 Å². The van der Waals surface area contributed by atoms with Gasteiger partial charge < -0.3 is 54.0 Å². The number of ketones is 1. The molecular weight excluding hydrogens is 740 g/mol. The molecule has 0 bridgehead atoms. The summed E-state index contributed by atoms with van der Waals surface area (Å²) in [5, 5.41) is 54.3. The molecule has 320 valence electrons. The van der Waals surface area contributed by atoms with Crippen LogP contribution in [0.2, 0.25) is 0 Å². The molecule has 0 aliphatic carbocycles. The maximum Gasteiger partial charge on any atom is 0.339 e. The Balaban J connectivity index is 1.34. The number of aromatic carboxylic acids is 1. The molecule has 0 saturated carbocycles. The molecule has 4 aliphatic rings. The van der Waals surface area contributed by atoms with Crippen LogP contribution in [0.25, 0.3) is 0 Å². The number of carbonyl (C=O) groups is 3. The molecule has 1 aromatic rings. The number of aromatic hydroxyl groups is 1. The van der Waals surface area contributed by atoms with E-state index in [1.165, 1.54) is 7.11 Å². The Hall–Kier alpha value is -2.95. The van der Waals surface area contributed by atoms with Gasteiger partial charge in [0.15, 0.2) is 11.9 Å². The number of ether oxygens (including phenoxy) is 6. The van der Waals surface area contributed by atoms with Gasteiger partial charge in [-0.05, 0) is 74.6 Å². The number of carboxylic acids is 1. The molecule has 1 aromatic carbocycles. The molecule has 3 fully saturated rings. The molecule has 57 heavy (non-hydrogen) atoms. The molecule has 5 rings (SSSR count). The van der Waals surface area contributed by atoms with Crippen molar-refractivity contribution in [3.8, 4) is 5.75 Å². The maximum atomic E-state index is 14.2. The van der Waals surface area contributed by atoms with Crippen molar-refractivity contribution in [3.63, 3.8) is 0 Å². The number of aryl methyl sites for hydroxylation is 1. The van der Waals surface area contributed by atoms with E-state index in [1.54, 1.807) is 58.9 Å². The topological polar surface area (TPSA) is 208 Å². The van der Waals surface area contributed by atoms with Crippen molar-refractivity contribution in [3.05, 3.63) is 41.0 Å². The highest BCUT2D eigenvalue weighted by molar-refractivity contribution is 5.93. The van der Waals surface area contributed by atoms with Crippen LogP contribution < -0.4 is 0 Å². The second-order valence-electron chi connectivity index (χ2n) is 17.5. The normalized spacial score (nSPS) is 39.2. The number of esters is 1. The van der Waals surface area contributed by atoms with Crippen molar-refractivity contribution in [1.82, 2.24) is 0 Å². The van der Waals surface area contributed by atoms with Crippen LogP contribution in [-0.2, 0) is 38.0 Å². The first-order valence-electron chi connectivity index (χ1n) is 20.4. The summed E-state index contributed by atoms with van der Waals surface area (Å²) in [7, 11) is 1.51. The van der Waals surface area contributed by atoms with E-state index in [0.717, 1.165) is 0 Å². The predicted molar refractivity (Wildman–Crippen MR) is 206 cm³/mol. The number of hydrogen-bond donors (Lipinski definition) is 5. The van der Waals surface area contributed by atoms with Crippen molar-refractivity contribution >= 4 is 17.7 Å². The highest BCUT2D eigenvalue weighted by Crippen LogP contribution is 2.56. The number of aliphatic hydroxyl groups is 3. The minimum atomic E-state index is -1.71. The van der Waals surface area contributed by atoms with Crippen LogP contribution >= 0.6 is 0 Å². The minimum absolute atomic E-state index is 0.0479. The van der Waals surface area contributed by atoms with E-state index in [9.17, 15) is 39.9 Å². The third-order valence-corrected chi connectivity index (χ3v) is 13.5. The van der Waals surface area contributed by atoms with Crippen LogP contribution in [0.5, 0.6) is 5.75 Å². The third kappa shape index (κ3) is 7.93. The zero-order chi connectivity index (χ0) is 42.5. The van der Waals surface area contributed by atoms with Crippen molar-refractivity contribution in [1.29, 1.82) is 0 Å². The highest BCUT2D eigenvalue weighted by Gasteiger charge is 2.70. The van der Waals surface area contributed by atoms with E-state index in [0.29, 0.717) is 24.0 Å². The summed E-state index contributed by atoms with van der Waals surface area (Å²) in [6.45, 7) is 18.1. The maximum absolute atomic E-state index is 14.2. The number of aliphatic hydroxyl groups excluding tert-OH is 3. The van der Waals surface area contributed by atoms with Gasteiger partial charge in [0.05, 0.1) is 37.1 Å². The van der Waals surface area contributed by atoms with Gasteiger partial charge >= 0.3 is 11.9 Å². The number of Topliss-reactive ketones (excluding diaryl/α,β-unsaturated/α-hetero) is 1. The number of methoxy groups -OCH3 is 1. The molecule has 0 amide bonds. The minimum Gasteiger partial charge on any atom is -0.507 e. The molecule has 0 radical (unpaired) electrons. The Bertz CT molecular complexity index is 1680. The number of carboxylic acid groups (broad SMARTS) is 1. The van der Waals surface area contributed by atoms with Gasteiger partial charge in [0.25, 0.3) is 0 Å². The second kappa shape index (κ2) is 17.0. The van der Waals surface area contributed by atoms with E-state index >= 15 is 0 Å². The van der Waals surface area contributed by atoms with Crippen LogP contribution in [0, 0.1) is 42.4 Å². The smallest absolute Gasteiger partial charge is 0.339 e. The summed E-state index contributed by atoms with van der Waals surface area (Å²) in [6, 6.07) is 3.35. The molecular formula is C43H64O14. The number of carbonyl (C=O) groups excluding carboxylic acids is 2. The Morgan fingerprint density at radius 1 is 1.04 bits per heavy atom. The Kier molecular flexibility index (Phi) is 13.4. The fourth-order valence-electron chi connectivity index (χ4n) is 10.1. The average Bonchev–Trinajstić information content (AvgIpc) is 3.66. The first-order chi connectivity index (χ1) is 26.6. The van der Waals surface area contributed by atoms with E-state index in [4.69, 9.17) is 28.4 Å². The van der Waals surface area contributed by atoms with Gasteiger partial charge in [0, 0.05) is 37.2 Å². The van der Waals surface area contributed by atoms with Crippen molar-refractivity contribution < 1.29 is 68.3 Å². The fraction of sp³-hybridized carbons (Fsp3) is 0.744. The number of phenols is 1. The molecule has 0 aromatic heterocycles. The number of rotatable bonds is 13. The molecule has 4 heterocycles. The van der Waals surface area contributed by atoms with Gasteiger partial charge in [-0.3, -0.25) is 4.79 Å². The number of hydrogen-bond acceptors (Lipinski definition) is 13. The van der Waals surface area contributed by atoms with Crippen LogP contribution in [0.4, 0.5) is 0 Å². The molecule has 5 N–H and O–H groups in total. The zero-order valence-electron chi connectivity index (χ0n) is 35.1. The molecule has 3 saturated heterocycles. The zero-order valence-corrected chi connectivity index (χ0v) is 35.1. The standard InChI is InChI=1S/C43H64O14/c1-12-53-40(51)37-29(44)19-31(54-37)41(10)38(52-11)27(9)43(56-41)30(45)15-16-42(57-43)24(6)18-23(5)36(55-42)26(8)35(48)25(7)33(46)22(4)17-21(3)28-14-13-20(2)34(47)32(28)39(49)50/h13-16,21-27,29-31,33,36-38,44-47H,12,17-19H2,1-11H3,(H,49,50)/t21-,22+,23+,24+,25-,26-,27+,29+,30+,31+,33-,36-,37-,38+,41+,42-,43-/m0/s1. The summed E-state index contributed by atoms with van der Waals surface area (Å²) in [4.78, 5) is 38.9. The molecule has 14 heteroatoms. The lowest BCUT2D eigenvalue weighted by Gasteiger charge is -2.54. The lowest BCUT2D eigenvalue weighted by atomic mass is 9.74. The lowest BCUT2D eigenvalue weighted by Crippen LogP contribution is -2.64. The summed E-state index contributed by atoms with van der Waals surface area (Å²) in [5.41, 5.74) is -0.550. The van der Waals surface area contributed by atoms with Gasteiger partial charge in [-0.25, -0.2) is 9.59 Å². The summed E-state index contributed by atoms with van der Waals surface area (Å²) in [5.74, 6) is -8.73. The van der Waals surface area contributed by atoms with E-state index < -0.39 is 95.5 Å². The van der Waals surface area contributed by atoms with E-state index in [1.807, 2.05) is 34.6 Å². The molecule has 14 nitrogen and oxygen atoms in total. The number of benzene rings is 1. The van der Waals surface area contributed by atoms with Gasteiger partial charge in [-0.2, -0.15) is 0 Å². The fourth-order valence-corrected chi connectivity index (χ4v) is 10.1. The van der Waals surface area contributed by atoms with Gasteiger partial charge in [-0.15, -0.1) is 0 Å². The van der Waals surface area contributed by atoms with Crippen molar-refractivity contribution in [2.45, 2.75) is 154 Å². The molecule has 2 spiro atoms. The van der Waals surface area contributed by atoms with Gasteiger partial charge in [0.2, 0.25) is 5.79 Å². The van der Waals surface area contributed by atoms with Crippen LogP contribution in [-0.4, -0.2) is 117 Å². The van der Waals surface area contributed by atoms with Crippen LogP contribution in [0.3, 0.4) is 0 Å². The largest absolute Gasteiger partial charge is 0.507 e. The first kappa shape index (κ1) is 45.1. The third-order valence-electron chi connectivity index (χ3n) is 13.5. The van der Waals surface area contributed by atoms with Crippen LogP contribution in [0.1, 0.15) is 109 Å². The summed E-state index contributed by atoms with van der Waals surface area (Å²) < 4.78 is 37.8. The molecule has 4 aliphatic heterocycles. The SMILES string of the molecule is CCOC(=O)[C@H]1O[C@@H]([C@@]2(C)O[C@]3(O[C@]4(C=C[C@H]3O)O[C@H]([C@@H](C)C(=O)[C@@H](C)[C@@H](O)[C@H](C)C[C@H](C)c3ccc(C)c(O)c3C(=O)O)[C@H](C)C[C@H]4C)[C@H](C)[C@H]2OC)C[C@H]1O. The highest BCUT2D eigenvalue weighted by atomic mass is 16.8. The van der Waals surface area contributed by atoms with E-state index in [-0.39, 0.29) is 47.9 Å². The lowest BCUT2D eigenvalue weighted by molar-refractivity contribution is -0.414. The predicted octanol–water partition coefficient (Wildman–Crippen LogP) is 4.65. The summed E-state index contributed by atoms with van der Waals surface area (Å²) in [6.07, 6.45) is -2.62. The Morgan fingerprint density at radius 2 is 1.70 bits per heavy atom. The Morgan fingerprint density at radius 3 is 2.32 bits per heavy atom. The molecule has 17 atom stereocenters. The quantitative estimate of drug-likeness (QED) is 0.136. The van der Waals surface area contributed by atoms with Gasteiger partial charge in [-0.1, -0.05) is 60.6 Å². The van der Waals surface area contributed by atoms with Gasteiger partial charge in [0.1, 0.15) is 28.8 Å². The van der Waals surface area contributed by atoms with E-state index in [2.05, 4.69) is 0 Å². The monoisotopic (exact) mass is 804 g/mol. The van der Waals surface area contributed by atoms with Crippen molar-refractivity contribution in [2.75, 3.05) is 13.7 Å². The molecule has 0 unspecified atom stereocenters. The van der Waals surface area contributed by atoms with Crippen LogP contribution in [0.15, 0.2) is 24.3 Å².